The van der Waals surface area contributed by atoms with Gasteiger partial charge in [-0.25, -0.2) is 4.98 Å². The number of nitrogens with zero attached hydrogens (tertiary/aromatic N) is 1. The van der Waals surface area contributed by atoms with Crippen molar-refractivity contribution in [3.63, 3.8) is 0 Å². The number of aromatic nitrogens is 1. The van der Waals surface area contributed by atoms with E-state index in [-0.39, 0.29) is 6.04 Å². The van der Waals surface area contributed by atoms with E-state index in [0.717, 1.165) is 23.1 Å². The molecular weight excluding hydrogens is 176 g/mol. The Morgan fingerprint density at radius 1 is 1.50 bits per heavy atom. The van der Waals surface area contributed by atoms with Gasteiger partial charge in [-0.05, 0) is 25.0 Å². The average Bonchev–Trinajstić information content (AvgIpc) is 2.45. The molecule has 1 atom stereocenters. The van der Waals surface area contributed by atoms with E-state index in [2.05, 4.69) is 4.98 Å². The fourth-order valence-electron chi connectivity index (χ4n) is 1.63. The first kappa shape index (κ1) is 9.21. The minimum atomic E-state index is 0.151. The van der Waals surface area contributed by atoms with E-state index < -0.39 is 0 Å². The molecule has 0 aliphatic rings. The summed E-state index contributed by atoms with van der Waals surface area (Å²) in [4.78, 5) is 4.34. The number of nitrogens with two attached hydrogens (primary N) is 1. The topological polar surface area (TPSA) is 52.0 Å². The minimum absolute atomic E-state index is 0.151. The summed E-state index contributed by atoms with van der Waals surface area (Å²) >= 11 is 0. The predicted octanol–water partition coefficient (Wildman–Crippen LogP) is 2.03. The van der Waals surface area contributed by atoms with E-state index in [4.69, 9.17) is 10.2 Å². The van der Waals surface area contributed by atoms with Crippen molar-refractivity contribution in [1.29, 1.82) is 0 Å². The number of rotatable bonds is 2. The summed E-state index contributed by atoms with van der Waals surface area (Å²) in [6, 6.07) is 6.11. The van der Waals surface area contributed by atoms with Gasteiger partial charge in [0, 0.05) is 13.0 Å². The van der Waals surface area contributed by atoms with Gasteiger partial charge in [-0.3, -0.25) is 0 Å². The first-order valence-electron chi connectivity index (χ1n) is 4.77. The summed E-state index contributed by atoms with van der Waals surface area (Å²) in [5.74, 6) is 0.706. The molecule has 0 aliphatic carbocycles. The highest BCUT2D eigenvalue weighted by Gasteiger charge is 2.08. The molecule has 3 nitrogen and oxygen atoms in total. The van der Waals surface area contributed by atoms with Crippen LogP contribution in [0.4, 0.5) is 0 Å². The molecule has 1 aromatic carbocycles. The molecule has 1 aromatic heterocycles. The maximum atomic E-state index is 5.76. The summed E-state index contributed by atoms with van der Waals surface area (Å²) in [5, 5.41) is 0. The van der Waals surface area contributed by atoms with Crippen molar-refractivity contribution in [1.82, 2.24) is 4.98 Å². The van der Waals surface area contributed by atoms with Crippen molar-refractivity contribution < 1.29 is 4.42 Å². The molecule has 0 aliphatic heterocycles. The number of hydrogen-bond donors (Lipinski definition) is 1. The Balaban J connectivity index is 2.53. The van der Waals surface area contributed by atoms with Gasteiger partial charge in [0.15, 0.2) is 11.5 Å². The molecule has 3 heteroatoms. The molecule has 74 valence electrons. The molecule has 0 bridgehead atoms. The van der Waals surface area contributed by atoms with Gasteiger partial charge in [0.2, 0.25) is 0 Å². The van der Waals surface area contributed by atoms with Gasteiger partial charge in [-0.1, -0.05) is 12.1 Å². The molecule has 2 N–H and O–H groups in total. The van der Waals surface area contributed by atoms with Crippen LogP contribution in [0.25, 0.3) is 11.1 Å². The molecule has 0 saturated carbocycles. The van der Waals surface area contributed by atoms with Crippen molar-refractivity contribution in [2.24, 2.45) is 5.73 Å². The highest BCUT2D eigenvalue weighted by atomic mass is 16.3. The Morgan fingerprint density at radius 2 is 2.29 bits per heavy atom. The first-order valence-corrected chi connectivity index (χ1v) is 4.77. The van der Waals surface area contributed by atoms with Crippen molar-refractivity contribution in [2.45, 2.75) is 26.3 Å². The second kappa shape index (κ2) is 3.42. The molecule has 1 heterocycles. The molecule has 0 amide bonds. The van der Waals surface area contributed by atoms with Crippen LogP contribution < -0.4 is 5.73 Å². The fraction of sp³-hybridized carbons (Fsp3) is 0.364. The average molecular weight is 190 g/mol. The summed E-state index contributed by atoms with van der Waals surface area (Å²) in [6.07, 6.45) is 0.837. The van der Waals surface area contributed by atoms with Crippen LogP contribution >= 0.6 is 0 Å². The maximum Gasteiger partial charge on any atom is 0.192 e. The van der Waals surface area contributed by atoms with Crippen LogP contribution in [0.2, 0.25) is 0 Å². The summed E-state index contributed by atoms with van der Waals surface area (Å²) in [6.45, 7) is 3.85. The van der Waals surface area contributed by atoms with Gasteiger partial charge >= 0.3 is 0 Å². The van der Waals surface area contributed by atoms with Gasteiger partial charge in [0.1, 0.15) is 5.52 Å². The van der Waals surface area contributed by atoms with Gasteiger partial charge in [-0.15, -0.1) is 0 Å². The van der Waals surface area contributed by atoms with Crippen molar-refractivity contribution >= 4 is 11.1 Å². The molecular formula is C11H14N2O. The zero-order chi connectivity index (χ0) is 10.1. The summed E-state index contributed by atoms with van der Waals surface area (Å²) < 4.78 is 5.44. The first-order chi connectivity index (χ1) is 6.66. The second-order valence-corrected chi connectivity index (χ2v) is 3.68. The Labute approximate surface area is 82.9 Å². The third-order valence-corrected chi connectivity index (χ3v) is 2.15. The number of benzene rings is 1. The fourth-order valence-corrected chi connectivity index (χ4v) is 1.63. The smallest absolute Gasteiger partial charge is 0.192 e. The highest BCUT2D eigenvalue weighted by molar-refractivity contribution is 5.76. The monoisotopic (exact) mass is 190 g/mol. The lowest BCUT2D eigenvalue weighted by Gasteiger charge is -2.04. The van der Waals surface area contributed by atoms with E-state index >= 15 is 0 Å². The van der Waals surface area contributed by atoms with E-state index in [1.54, 1.807) is 0 Å². The number of oxazole rings is 1. The molecule has 0 fully saturated rings. The quantitative estimate of drug-likeness (QED) is 0.788. The van der Waals surface area contributed by atoms with Crippen LogP contribution in [0.1, 0.15) is 18.4 Å². The van der Waals surface area contributed by atoms with Crippen LogP contribution in [-0.4, -0.2) is 11.0 Å². The van der Waals surface area contributed by atoms with Crippen LogP contribution in [0.3, 0.4) is 0 Å². The summed E-state index contributed by atoms with van der Waals surface area (Å²) in [7, 11) is 0. The van der Waals surface area contributed by atoms with Crippen LogP contribution in [0.15, 0.2) is 22.6 Å². The van der Waals surface area contributed by atoms with Crippen molar-refractivity contribution in [3.8, 4) is 0 Å². The van der Waals surface area contributed by atoms with Crippen LogP contribution in [0.5, 0.6) is 0 Å². The number of fused-ring (bicyclic) bond motifs is 1. The maximum absolute atomic E-state index is 5.76. The Morgan fingerprint density at radius 3 is 3.00 bits per heavy atom. The molecule has 14 heavy (non-hydrogen) atoms. The Bertz CT molecular complexity index is 445. The van der Waals surface area contributed by atoms with Crippen LogP contribution in [-0.2, 0) is 6.42 Å². The lowest BCUT2D eigenvalue weighted by molar-refractivity contribution is 0.561. The molecule has 0 saturated heterocycles. The van der Waals surface area contributed by atoms with Gasteiger partial charge in [-0.2, -0.15) is 0 Å². The SMILES string of the molecule is Cc1nc2c(CC(C)N)cccc2o1. The number of aryl methyl sites for hydroxylation is 1. The standard InChI is InChI=1S/C11H14N2O/c1-7(12)6-9-4-3-5-10-11(9)13-8(2)14-10/h3-5,7H,6,12H2,1-2H3. The number of hydrogen-bond acceptors (Lipinski definition) is 3. The second-order valence-electron chi connectivity index (χ2n) is 3.68. The van der Waals surface area contributed by atoms with E-state index in [1.807, 2.05) is 32.0 Å². The predicted molar refractivity (Wildman–Crippen MR) is 56.1 cm³/mol. The molecule has 2 aromatic rings. The number of para-hydroxylation sites is 1. The summed E-state index contributed by atoms with van der Waals surface area (Å²) in [5.41, 5.74) is 8.72. The normalized spacial score (nSPS) is 13.4. The van der Waals surface area contributed by atoms with E-state index in [9.17, 15) is 0 Å². The third kappa shape index (κ3) is 1.63. The molecule has 0 spiro atoms. The van der Waals surface area contributed by atoms with Crippen molar-refractivity contribution in [2.75, 3.05) is 0 Å². The van der Waals surface area contributed by atoms with Gasteiger partial charge < -0.3 is 10.2 Å². The lowest BCUT2D eigenvalue weighted by atomic mass is 10.1. The van der Waals surface area contributed by atoms with Gasteiger partial charge in [0.05, 0.1) is 0 Å². The highest BCUT2D eigenvalue weighted by Crippen LogP contribution is 2.19. The molecule has 0 radical (unpaired) electrons. The Hall–Kier alpha value is -1.35. The third-order valence-electron chi connectivity index (χ3n) is 2.15. The van der Waals surface area contributed by atoms with E-state index in [0.29, 0.717) is 5.89 Å². The molecule has 2 rings (SSSR count). The zero-order valence-electron chi connectivity index (χ0n) is 8.45. The zero-order valence-corrected chi connectivity index (χ0v) is 8.45. The minimum Gasteiger partial charge on any atom is -0.441 e. The molecule has 1 unspecified atom stereocenters. The van der Waals surface area contributed by atoms with E-state index in [1.165, 1.54) is 0 Å². The van der Waals surface area contributed by atoms with Gasteiger partial charge in [0.25, 0.3) is 0 Å². The largest absolute Gasteiger partial charge is 0.441 e. The Kier molecular flexibility index (Phi) is 2.25. The van der Waals surface area contributed by atoms with Crippen molar-refractivity contribution in [3.05, 3.63) is 29.7 Å². The lowest BCUT2D eigenvalue weighted by Crippen LogP contribution is -2.17. The van der Waals surface area contributed by atoms with Crippen LogP contribution in [0, 0.1) is 6.92 Å².